The highest BCUT2D eigenvalue weighted by Gasteiger charge is 2.05. The largest absolute Gasteiger partial charge is 0.493 e. The van der Waals surface area contributed by atoms with Gasteiger partial charge in [0.25, 0.3) is 0 Å². The van der Waals surface area contributed by atoms with Crippen molar-refractivity contribution in [3.63, 3.8) is 0 Å². The lowest BCUT2D eigenvalue weighted by atomic mass is 10.2. The van der Waals surface area contributed by atoms with Crippen molar-refractivity contribution < 1.29 is 9.47 Å². The Morgan fingerprint density at radius 2 is 2.09 bits per heavy atom. The first-order valence-electron chi connectivity index (χ1n) is 7.61. The van der Waals surface area contributed by atoms with E-state index < -0.39 is 0 Å². The Hall–Kier alpha value is -2.08. The summed E-state index contributed by atoms with van der Waals surface area (Å²) >= 11 is 1.59. The number of methoxy groups -OCH3 is 1. The molecule has 0 aliphatic carbocycles. The van der Waals surface area contributed by atoms with Crippen molar-refractivity contribution in [3.8, 4) is 11.5 Å². The van der Waals surface area contributed by atoms with Crippen molar-refractivity contribution in [1.82, 2.24) is 4.68 Å². The topological polar surface area (TPSA) is 48.1 Å². The van der Waals surface area contributed by atoms with E-state index in [2.05, 4.69) is 29.3 Å². The summed E-state index contributed by atoms with van der Waals surface area (Å²) in [4.78, 5) is 5.48. The Labute approximate surface area is 140 Å². The maximum absolute atomic E-state index is 5.53. The molecule has 0 radical (unpaired) electrons. The van der Waals surface area contributed by atoms with Gasteiger partial charge in [-0.05, 0) is 51.5 Å². The molecule has 0 amide bonds. The van der Waals surface area contributed by atoms with Crippen LogP contribution in [0.3, 0.4) is 0 Å². The van der Waals surface area contributed by atoms with Crippen molar-refractivity contribution >= 4 is 17.6 Å². The van der Waals surface area contributed by atoms with Gasteiger partial charge in [-0.15, -0.1) is 11.3 Å². The first-order chi connectivity index (χ1) is 11.0. The zero-order valence-electron chi connectivity index (χ0n) is 14.2. The van der Waals surface area contributed by atoms with Crippen molar-refractivity contribution in [3.05, 3.63) is 39.6 Å². The van der Waals surface area contributed by atoms with Gasteiger partial charge in [0.15, 0.2) is 11.5 Å². The minimum absolute atomic E-state index is 0.236. The van der Waals surface area contributed by atoms with E-state index in [9.17, 15) is 0 Å². The van der Waals surface area contributed by atoms with E-state index in [1.807, 2.05) is 36.7 Å². The molecule has 0 unspecified atom stereocenters. The van der Waals surface area contributed by atoms with Gasteiger partial charge in [-0.1, -0.05) is 0 Å². The second kappa shape index (κ2) is 7.97. The predicted octanol–water partition coefficient (Wildman–Crippen LogP) is 3.46. The molecular weight excluding hydrogens is 310 g/mol. The Morgan fingerprint density at radius 1 is 1.30 bits per heavy atom. The van der Waals surface area contributed by atoms with Crippen molar-refractivity contribution in [2.24, 2.45) is 10.1 Å². The molecule has 0 saturated carbocycles. The molecule has 0 spiro atoms. The number of ether oxygens (including phenoxy) is 2. The molecule has 0 aliphatic rings. The third-order valence-electron chi connectivity index (χ3n) is 3.03. The zero-order chi connectivity index (χ0) is 16.8. The van der Waals surface area contributed by atoms with Gasteiger partial charge in [0, 0.05) is 11.4 Å². The summed E-state index contributed by atoms with van der Waals surface area (Å²) in [6, 6.07) is 6.00. The summed E-state index contributed by atoms with van der Waals surface area (Å²) < 4.78 is 12.7. The lowest BCUT2D eigenvalue weighted by Gasteiger charge is -2.09. The fraction of sp³-hybridized carbons (Fsp3) is 0.412. The van der Waals surface area contributed by atoms with Gasteiger partial charge < -0.3 is 9.47 Å². The second-order valence-corrected chi connectivity index (χ2v) is 6.12. The van der Waals surface area contributed by atoms with Crippen LogP contribution < -0.4 is 14.3 Å². The number of hydrogen-bond acceptors (Lipinski definition) is 5. The average molecular weight is 333 g/mol. The van der Waals surface area contributed by atoms with Crippen LogP contribution in [0.25, 0.3) is 0 Å². The Bertz CT molecular complexity index is 745. The molecule has 0 aliphatic heterocycles. The van der Waals surface area contributed by atoms with Crippen LogP contribution in [0.5, 0.6) is 11.5 Å². The van der Waals surface area contributed by atoms with Crippen LogP contribution in [-0.2, 0) is 0 Å². The first kappa shape index (κ1) is 17.3. The SMILES string of the molecule is CCOc1ccc(C=Nn2c(C)csc2=NC(C)C)cc1OC. The van der Waals surface area contributed by atoms with E-state index in [4.69, 9.17) is 9.47 Å². The van der Waals surface area contributed by atoms with Crippen LogP contribution in [0, 0.1) is 6.92 Å². The molecule has 2 aromatic rings. The van der Waals surface area contributed by atoms with Crippen LogP contribution in [0.4, 0.5) is 0 Å². The molecule has 124 valence electrons. The molecule has 0 fully saturated rings. The maximum Gasteiger partial charge on any atom is 0.206 e. The lowest BCUT2D eigenvalue weighted by molar-refractivity contribution is 0.311. The van der Waals surface area contributed by atoms with E-state index in [0.717, 1.165) is 21.8 Å². The quantitative estimate of drug-likeness (QED) is 0.760. The molecule has 2 rings (SSSR count). The highest BCUT2D eigenvalue weighted by atomic mass is 32.1. The highest BCUT2D eigenvalue weighted by molar-refractivity contribution is 7.07. The van der Waals surface area contributed by atoms with Gasteiger partial charge in [0.05, 0.1) is 25.6 Å². The van der Waals surface area contributed by atoms with E-state index in [0.29, 0.717) is 12.4 Å². The smallest absolute Gasteiger partial charge is 0.206 e. The van der Waals surface area contributed by atoms with E-state index in [-0.39, 0.29) is 6.04 Å². The number of aryl methyl sites for hydroxylation is 1. The minimum Gasteiger partial charge on any atom is -0.493 e. The van der Waals surface area contributed by atoms with Crippen LogP contribution in [-0.4, -0.2) is 30.6 Å². The van der Waals surface area contributed by atoms with Crippen molar-refractivity contribution in [1.29, 1.82) is 0 Å². The monoisotopic (exact) mass is 333 g/mol. The molecule has 1 aromatic heterocycles. The average Bonchev–Trinajstić information content (AvgIpc) is 2.86. The fourth-order valence-corrected chi connectivity index (χ4v) is 2.94. The second-order valence-electron chi connectivity index (χ2n) is 5.28. The van der Waals surface area contributed by atoms with Crippen LogP contribution in [0.2, 0.25) is 0 Å². The summed E-state index contributed by atoms with van der Waals surface area (Å²) in [5.74, 6) is 1.44. The maximum atomic E-state index is 5.53. The number of aromatic nitrogens is 1. The standard InChI is InChI=1S/C17H23N3O2S/c1-6-22-15-8-7-14(9-16(15)21-5)10-18-20-13(4)11-23-17(20)19-12(2)3/h7-12H,6H2,1-5H3. The molecule has 0 bridgehead atoms. The summed E-state index contributed by atoms with van der Waals surface area (Å²) in [5, 5.41) is 6.60. The molecule has 1 aromatic carbocycles. The predicted molar refractivity (Wildman–Crippen MR) is 94.9 cm³/mol. The summed E-state index contributed by atoms with van der Waals surface area (Å²) in [6.07, 6.45) is 1.80. The minimum atomic E-state index is 0.236. The lowest BCUT2D eigenvalue weighted by Crippen LogP contribution is -2.14. The molecule has 23 heavy (non-hydrogen) atoms. The summed E-state index contributed by atoms with van der Waals surface area (Å²) in [6.45, 7) is 8.69. The molecule has 5 nitrogen and oxygen atoms in total. The van der Waals surface area contributed by atoms with Gasteiger partial charge in [-0.2, -0.15) is 5.10 Å². The van der Waals surface area contributed by atoms with E-state index in [1.165, 1.54) is 0 Å². The first-order valence-corrected chi connectivity index (χ1v) is 8.49. The number of rotatable bonds is 6. The Morgan fingerprint density at radius 3 is 2.74 bits per heavy atom. The third-order valence-corrected chi connectivity index (χ3v) is 3.98. The molecule has 0 saturated heterocycles. The van der Waals surface area contributed by atoms with Gasteiger partial charge in [0.2, 0.25) is 4.80 Å². The molecule has 0 atom stereocenters. The summed E-state index contributed by atoms with van der Waals surface area (Å²) in [7, 11) is 1.64. The molecular formula is C17H23N3O2S. The summed E-state index contributed by atoms with van der Waals surface area (Å²) in [5.41, 5.74) is 2.00. The van der Waals surface area contributed by atoms with Gasteiger partial charge in [-0.3, -0.25) is 4.99 Å². The number of hydrogen-bond donors (Lipinski definition) is 0. The third kappa shape index (κ3) is 4.45. The van der Waals surface area contributed by atoms with E-state index in [1.54, 1.807) is 24.7 Å². The number of thiazole rings is 1. The van der Waals surface area contributed by atoms with Crippen molar-refractivity contribution in [2.75, 3.05) is 13.7 Å². The van der Waals surface area contributed by atoms with Crippen LogP contribution in [0.15, 0.2) is 33.7 Å². The van der Waals surface area contributed by atoms with Gasteiger partial charge >= 0.3 is 0 Å². The Balaban J connectivity index is 2.33. The van der Waals surface area contributed by atoms with Gasteiger partial charge in [-0.25, -0.2) is 4.68 Å². The fourth-order valence-electron chi connectivity index (χ4n) is 2.00. The number of benzene rings is 1. The van der Waals surface area contributed by atoms with Crippen molar-refractivity contribution in [2.45, 2.75) is 33.7 Å². The zero-order valence-corrected chi connectivity index (χ0v) is 15.1. The van der Waals surface area contributed by atoms with Crippen LogP contribution >= 0.6 is 11.3 Å². The highest BCUT2D eigenvalue weighted by Crippen LogP contribution is 2.27. The molecule has 6 heteroatoms. The number of nitrogens with zero attached hydrogens (tertiary/aromatic N) is 3. The molecule has 0 N–H and O–H groups in total. The molecule has 1 heterocycles. The van der Waals surface area contributed by atoms with Crippen LogP contribution in [0.1, 0.15) is 32.0 Å². The van der Waals surface area contributed by atoms with E-state index >= 15 is 0 Å². The normalized spacial score (nSPS) is 12.3. The van der Waals surface area contributed by atoms with Gasteiger partial charge in [0.1, 0.15) is 0 Å². The Kier molecular flexibility index (Phi) is 5.98.